The van der Waals surface area contributed by atoms with Crippen molar-refractivity contribution in [1.82, 2.24) is 9.80 Å². The van der Waals surface area contributed by atoms with Gasteiger partial charge in [0.2, 0.25) is 0 Å². The van der Waals surface area contributed by atoms with Crippen LogP contribution in [0.3, 0.4) is 0 Å². The number of hydrogen-bond donors (Lipinski definition) is 1. The van der Waals surface area contributed by atoms with Crippen molar-refractivity contribution in [2.24, 2.45) is 0 Å². The van der Waals surface area contributed by atoms with E-state index in [4.69, 9.17) is 0 Å². The lowest BCUT2D eigenvalue weighted by atomic mass is 9.97. The Hall–Kier alpha value is -1.55. The monoisotopic (exact) mass is 289 g/mol. The molecule has 1 saturated heterocycles. The second kappa shape index (κ2) is 6.48. The standard InChI is InChI=1S/C17H27N3O/c1-12(2)16-10-14(7-6-13(16)3)18-17(21)20(5)15-8-9-19(4)11-15/h6-7,10,12,15H,8-9,11H2,1-5H3,(H,18,21). The number of carbonyl (C=O) groups excluding carboxylic acids is 1. The quantitative estimate of drug-likeness (QED) is 0.927. The van der Waals surface area contributed by atoms with Crippen molar-refractivity contribution in [3.8, 4) is 0 Å². The van der Waals surface area contributed by atoms with Crippen LogP contribution in [-0.2, 0) is 0 Å². The average molecular weight is 289 g/mol. The van der Waals surface area contributed by atoms with Crippen LogP contribution in [0.5, 0.6) is 0 Å². The number of hydrogen-bond acceptors (Lipinski definition) is 2. The van der Waals surface area contributed by atoms with Crippen molar-refractivity contribution >= 4 is 11.7 Å². The Balaban J connectivity index is 2.04. The lowest BCUT2D eigenvalue weighted by molar-refractivity contribution is 0.204. The van der Waals surface area contributed by atoms with Crippen molar-refractivity contribution < 1.29 is 4.79 Å². The average Bonchev–Trinajstić information content (AvgIpc) is 2.86. The lowest BCUT2D eigenvalue weighted by Gasteiger charge is -2.25. The van der Waals surface area contributed by atoms with Crippen LogP contribution in [0.4, 0.5) is 10.5 Å². The molecule has 0 radical (unpaired) electrons. The molecule has 0 aromatic heterocycles. The molecule has 0 bridgehead atoms. The summed E-state index contributed by atoms with van der Waals surface area (Å²) in [6.07, 6.45) is 1.05. The molecular formula is C17H27N3O. The van der Waals surface area contributed by atoms with E-state index in [1.165, 1.54) is 11.1 Å². The number of anilines is 1. The zero-order valence-electron chi connectivity index (χ0n) is 13.8. The maximum atomic E-state index is 12.4. The first-order valence-electron chi connectivity index (χ1n) is 7.71. The van der Waals surface area contributed by atoms with Crippen LogP contribution in [0.1, 0.15) is 37.3 Å². The van der Waals surface area contributed by atoms with Crippen molar-refractivity contribution in [3.05, 3.63) is 29.3 Å². The van der Waals surface area contributed by atoms with Gasteiger partial charge in [0.15, 0.2) is 0 Å². The smallest absolute Gasteiger partial charge is 0.321 e. The van der Waals surface area contributed by atoms with Crippen LogP contribution >= 0.6 is 0 Å². The van der Waals surface area contributed by atoms with Crippen LogP contribution in [0.25, 0.3) is 0 Å². The highest BCUT2D eigenvalue weighted by molar-refractivity contribution is 5.89. The first-order chi connectivity index (χ1) is 9.88. The second-order valence-electron chi connectivity index (χ2n) is 6.47. The summed E-state index contributed by atoms with van der Waals surface area (Å²) < 4.78 is 0. The maximum Gasteiger partial charge on any atom is 0.321 e. The Labute approximate surface area is 128 Å². The van der Waals surface area contributed by atoms with Crippen LogP contribution < -0.4 is 5.32 Å². The van der Waals surface area contributed by atoms with E-state index in [9.17, 15) is 4.79 Å². The molecule has 4 nitrogen and oxygen atoms in total. The number of urea groups is 1. The third-order valence-corrected chi connectivity index (χ3v) is 4.39. The normalized spacial score (nSPS) is 19.0. The summed E-state index contributed by atoms with van der Waals surface area (Å²) in [5.74, 6) is 0.461. The predicted molar refractivity (Wildman–Crippen MR) is 88.0 cm³/mol. The SMILES string of the molecule is Cc1ccc(NC(=O)N(C)C2CCN(C)C2)cc1C(C)C. The van der Waals surface area contributed by atoms with Crippen molar-refractivity contribution in [2.45, 2.75) is 39.2 Å². The Kier molecular flexibility index (Phi) is 4.88. The summed E-state index contributed by atoms with van der Waals surface area (Å²) in [6, 6.07) is 6.44. The fraction of sp³-hybridized carbons (Fsp3) is 0.588. The highest BCUT2D eigenvalue weighted by Crippen LogP contribution is 2.23. The third kappa shape index (κ3) is 3.76. The lowest BCUT2D eigenvalue weighted by Crippen LogP contribution is -2.41. The van der Waals surface area contributed by atoms with Gasteiger partial charge in [-0.05, 0) is 56.1 Å². The molecule has 1 aromatic rings. The van der Waals surface area contributed by atoms with Gasteiger partial charge >= 0.3 is 6.03 Å². The van der Waals surface area contributed by atoms with Crippen molar-refractivity contribution in [2.75, 3.05) is 32.5 Å². The van der Waals surface area contributed by atoms with Gasteiger partial charge in [-0.2, -0.15) is 0 Å². The Morgan fingerprint density at radius 2 is 2.14 bits per heavy atom. The van der Waals surface area contributed by atoms with Gasteiger partial charge in [0.25, 0.3) is 0 Å². The number of aryl methyl sites for hydroxylation is 1. The summed E-state index contributed by atoms with van der Waals surface area (Å²) in [4.78, 5) is 16.5. The van der Waals surface area contributed by atoms with Gasteiger partial charge in [0.05, 0.1) is 0 Å². The molecule has 1 atom stereocenters. The number of likely N-dealkylation sites (tertiary alicyclic amines) is 1. The van der Waals surface area contributed by atoms with Crippen molar-refractivity contribution in [3.63, 3.8) is 0 Å². The number of nitrogens with one attached hydrogen (secondary N) is 1. The van der Waals surface area contributed by atoms with Crippen LogP contribution in [0.2, 0.25) is 0 Å². The third-order valence-electron chi connectivity index (χ3n) is 4.39. The van der Waals surface area contributed by atoms with Gasteiger partial charge in [-0.1, -0.05) is 19.9 Å². The number of nitrogens with zero attached hydrogens (tertiary/aromatic N) is 2. The first kappa shape index (κ1) is 15.8. The molecule has 1 fully saturated rings. The molecule has 21 heavy (non-hydrogen) atoms. The molecular weight excluding hydrogens is 262 g/mol. The summed E-state index contributed by atoms with van der Waals surface area (Å²) >= 11 is 0. The molecule has 4 heteroatoms. The van der Waals surface area contributed by atoms with Gasteiger partial charge in [0, 0.05) is 25.3 Å². The van der Waals surface area contributed by atoms with Gasteiger partial charge in [0.1, 0.15) is 0 Å². The van der Waals surface area contributed by atoms with E-state index in [1.807, 2.05) is 18.0 Å². The Morgan fingerprint density at radius 1 is 1.43 bits per heavy atom. The van der Waals surface area contributed by atoms with Gasteiger partial charge in [-0.3, -0.25) is 0 Å². The van der Waals surface area contributed by atoms with Gasteiger partial charge in [-0.15, -0.1) is 0 Å². The number of carbonyl (C=O) groups is 1. The minimum Gasteiger partial charge on any atom is -0.323 e. The van der Waals surface area contributed by atoms with E-state index < -0.39 is 0 Å². The Morgan fingerprint density at radius 3 is 2.71 bits per heavy atom. The Bertz CT molecular complexity index is 513. The van der Waals surface area contributed by atoms with E-state index >= 15 is 0 Å². The van der Waals surface area contributed by atoms with Crippen LogP contribution in [0.15, 0.2) is 18.2 Å². The fourth-order valence-electron chi connectivity index (χ4n) is 2.95. The topological polar surface area (TPSA) is 35.6 Å². The van der Waals surface area contributed by atoms with E-state index in [-0.39, 0.29) is 6.03 Å². The van der Waals surface area contributed by atoms with Gasteiger partial charge in [-0.25, -0.2) is 4.79 Å². The second-order valence-corrected chi connectivity index (χ2v) is 6.47. The van der Waals surface area contributed by atoms with Crippen molar-refractivity contribution in [1.29, 1.82) is 0 Å². The van der Waals surface area contributed by atoms with E-state index in [1.54, 1.807) is 0 Å². The zero-order chi connectivity index (χ0) is 15.6. The van der Waals surface area contributed by atoms with E-state index in [2.05, 4.69) is 50.2 Å². The van der Waals surface area contributed by atoms with Gasteiger partial charge < -0.3 is 15.1 Å². The number of amides is 2. The molecule has 1 aliphatic rings. The van der Waals surface area contributed by atoms with E-state index in [0.29, 0.717) is 12.0 Å². The minimum absolute atomic E-state index is 0.0196. The van der Waals surface area contributed by atoms with Crippen LogP contribution in [-0.4, -0.2) is 49.1 Å². The molecule has 0 aliphatic carbocycles. The maximum absolute atomic E-state index is 12.4. The first-order valence-corrected chi connectivity index (χ1v) is 7.71. The molecule has 2 amide bonds. The summed E-state index contributed by atoms with van der Waals surface area (Å²) in [5.41, 5.74) is 3.44. The van der Waals surface area contributed by atoms with E-state index in [0.717, 1.165) is 25.2 Å². The molecule has 0 spiro atoms. The summed E-state index contributed by atoms with van der Waals surface area (Å²) in [5, 5.41) is 3.02. The number of benzene rings is 1. The minimum atomic E-state index is -0.0196. The highest BCUT2D eigenvalue weighted by atomic mass is 16.2. The number of rotatable bonds is 3. The zero-order valence-corrected chi connectivity index (χ0v) is 13.8. The molecule has 1 heterocycles. The molecule has 1 aromatic carbocycles. The largest absolute Gasteiger partial charge is 0.323 e. The molecule has 1 N–H and O–H groups in total. The highest BCUT2D eigenvalue weighted by Gasteiger charge is 2.26. The molecule has 0 saturated carbocycles. The number of likely N-dealkylation sites (N-methyl/N-ethyl adjacent to an activating group) is 2. The summed E-state index contributed by atoms with van der Waals surface area (Å²) in [7, 11) is 3.98. The predicted octanol–water partition coefficient (Wildman–Crippen LogP) is 3.29. The fourth-order valence-corrected chi connectivity index (χ4v) is 2.95. The molecule has 1 unspecified atom stereocenters. The molecule has 116 valence electrons. The molecule has 1 aliphatic heterocycles. The summed E-state index contributed by atoms with van der Waals surface area (Å²) in [6.45, 7) is 8.48. The van der Waals surface area contributed by atoms with Crippen LogP contribution in [0, 0.1) is 6.92 Å². The molecule has 2 rings (SSSR count).